The number of nitrogens with zero attached hydrogens (tertiary/aromatic N) is 3. The van der Waals surface area contributed by atoms with Crippen molar-refractivity contribution in [3.63, 3.8) is 0 Å². The number of hydrogen-bond acceptors (Lipinski definition) is 4. The molecule has 0 atom stereocenters. The van der Waals surface area contributed by atoms with Gasteiger partial charge >= 0.3 is 0 Å². The van der Waals surface area contributed by atoms with E-state index in [0.717, 1.165) is 28.8 Å². The van der Waals surface area contributed by atoms with Gasteiger partial charge in [-0.15, -0.1) is 10.2 Å². The van der Waals surface area contributed by atoms with Gasteiger partial charge in [-0.3, -0.25) is 10.1 Å². The third-order valence-corrected chi connectivity index (χ3v) is 4.96. The van der Waals surface area contributed by atoms with Gasteiger partial charge in [0.25, 0.3) is 5.91 Å². The maximum absolute atomic E-state index is 12.4. The van der Waals surface area contributed by atoms with E-state index in [-0.39, 0.29) is 11.0 Å². The van der Waals surface area contributed by atoms with Crippen LogP contribution in [0.4, 0.5) is 5.69 Å². The second kappa shape index (κ2) is 8.42. The minimum absolute atomic E-state index is 0.227. The minimum atomic E-state index is -0.249. The van der Waals surface area contributed by atoms with Crippen LogP contribution in [0.2, 0.25) is 0 Å². The van der Waals surface area contributed by atoms with Crippen molar-refractivity contribution in [3.05, 3.63) is 83.4 Å². The lowest BCUT2D eigenvalue weighted by atomic mass is 10.1. The third-order valence-electron chi connectivity index (χ3n) is 4.75. The molecule has 0 bridgehead atoms. The van der Waals surface area contributed by atoms with Gasteiger partial charge in [0.15, 0.2) is 5.11 Å². The van der Waals surface area contributed by atoms with Crippen LogP contribution in [0.5, 0.6) is 0 Å². The highest BCUT2D eigenvalue weighted by atomic mass is 32.1. The summed E-state index contributed by atoms with van der Waals surface area (Å²) in [6.45, 7) is 4.11. The van der Waals surface area contributed by atoms with Gasteiger partial charge < -0.3 is 5.32 Å². The molecule has 0 saturated heterocycles. The Balaban J connectivity index is 1.45. The number of fused-ring (bicyclic) bond motifs is 1. The lowest BCUT2D eigenvalue weighted by molar-refractivity contribution is 0.0977. The monoisotopic (exact) mass is 415 g/mol. The first-order chi connectivity index (χ1) is 14.5. The summed E-state index contributed by atoms with van der Waals surface area (Å²) in [5.74, 6) is -0.249. The van der Waals surface area contributed by atoms with Crippen molar-refractivity contribution in [1.82, 2.24) is 20.3 Å². The normalized spacial score (nSPS) is 10.7. The highest BCUT2D eigenvalue weighted by Gasteiger charge is 2.10. The number of thiocarbonyl (C=S) groups is 1. The molecular weight excluding hydrogens is 394 g/mol. The molecule has 0 aliphatic heterocycles. The van der Waals surface area contributed by atoms with E-state index in [9.17, 15) is 4.79 Å². The number of hydrogen-bond donors (Lipinski definition) is 2. The first-order valence-corrected chi connectivity index (χ1v) is 10.1. The SMILES string of the molecule is CCc1ccc(C(=O)NC(=S)Nc2ccc3nn(-c4ccc(C)cc4)nc3c2)cc1. The number of nitrogens with one attached hydrogen (secondary N) is 2. The average molecular weight is 416 g/mol. The number of rotatable bonds is 4. The van der Waals surface area contributed by atoms with Gasteiger partial charge in [0.2, 0.25) is 0 Å². The Hall–Kier alpha value is -3.58. The second-order valence-corrected chi connectivity index (χ2v) is 7.40. The van der Waals surface area contributed by atoms with Crippen molar-refractivity contribution in [3.8, 4) is 5.69 Å². The molecule has 1 amide bonds. The summed E-state index contributed by atoms with van der Waals surface area (Å²) in [6, 6.07) is 21.0. The van der Waals surface area contributed by atoms with Crippen LogP contribution in [0.15, 0.2) is 66.7 Å². The Morgan fingerprint density at radius 1 is 0.967 bits per heavy atom. The first kappa shape index (κ1) is 19.7. The van der Waals surface area contributed by atoms with E-state index in [1.54, 1.807) is 16.9 Å². The van der Waals surface area contributed by atoms with E-state index in [1.807, 2.05) is 61.5 Å². The summed E-state index contributed by atoms with van der Waals surface area (Å²) < 4.78 is 0. The average Bonchev–Trinajstić information content (AvgIpc) is 3.17. The van der Waals surface area contributed by atoms with Crippen molar-refractivity contribution < 1.29 is 4.79 Å². The lowest BCUT2D eigenvalue weighted by Crippen LogP contribution is -2.34. The number of carbonyl (C=O) groups excluding carboxylic acids is 1. The van der Waals surface area contributed by atoms with Gasteiger partial charge in [0.05, 0.1) is 5.69 Å². The molecule has 0 unspecified atom stereocenters. The lowest BCUT2D eigenvalue weighted by Gasteiger charge is -2.09. The summed E-state index contributed by atoms with van der Waals surface area (Å²) in [7, 11) is 0. The molecule has 7 heteroatoms. The zero-order chi connectivity index (χ0) is 21.1. The molecule has 0 aliphatic carbocycles. The van der Waals surface area contributed by atoms with Crippen LogP contribution in [-0.4, -0.2) is 26.0 Å². The molecule has 1 heterocycles. The van der Waals surface area contributed by atoms with Gasteiger partial charge in [0, 0.05) is 11.3 Å². The quantitative estimate of drug-likeness (QED) is 0.483. The number of aryl methyl sites for hydroxylation is 2. The van der Waals surface area contributed by atoms with E-state index in [0.29, 0.717) is 5.56 Å². The molecule has 150 valence electrons. The second-order valence-electron chi connectivity index (χ2n) is 6.99. The summed E-state index contributed by atoms with van der Waals surface area (Å²) in [5, 5.41) is 15.0. The van der Waals surface area contributed by atoms with Crippen molar-refractivity contribution in [2.24, 2.45) is 0 Å². The molecule has 0 spiro atoms. The van der Waals surface area contributed by atoms with Crippen LogP contribution in [0.1, 0.15) is 28.4 Å². The fourth-order valence-electron chi connectivity index (χ4n) is 3.02. The fourth-order valence-corrected chi connectivity index (χ4v) is 3.23. The van der Waals surface area contributed by atoms with Crippen LogP contribution < -0.4 is 10.6 Å². The summed E-state index contributed by atoms with van der Waals surface area (Å²) in [5.41, 5.74) is 6.04. The molecule has 6 nitrogen and oxygen atoms in total. The molecule has 0 saturated carbocycles. The predicted molar refractivity (Wildman–Crippen MR) is 123 cm³/mol. The van der Waals surface area contributed by atoms with E-state index in [4.69, 9.17) is 12.2 Å². The Morgan fingerprint density at radius 2 is 1.67 bits per heavy atom. The zero-order valence-electron chi connectivity index (χ0n) is 16.7. The van der Waals surface area contributed by atoms with Gasteiger partial charge in [0.1, 0.15) is 11.0 Å². The maximum Gasteiger partial charge on any atom is 0.257 e. The molecule has 0 fully saturated rings. The fraction of sp³-hybridized carbons (Fsp3) is 0.130. The number of amides is 1. The molecule has 0 aliphatic rings. The molecule has 0 radical (unpaired) electrons. The van der Waals surface area contributed by atoms with E-state index in [1.165, 1.54) is 11.1 Å². The van der Waals surface area contributed by atoms with E-state index >= 15 is 0 Å². The molecule has 3 aromatic carbocycles. The van der Waals surface area contributed by atoms with E-state index < -0.39 is 0 Å². The molecule has 2 N–H and O–H groups in total. The number of anilines is 1. The molecule has 1 aromatic heterocycles. The van der Waals surface area contributed by atoms with Gasteiger partial charge in [-0.1, -0.05) is 36.8 Å². The summed E-state index contributed by atoms with van der Waals surface area (Å²) in [4.78, 5) is 14.0. The van der Waals surface area contributed by atoms with Crippen molar-refractivity contribution >= 4 is 40.0 Å². The van der Waals surface area contributed by atoms with Gasteiger partial charge in [-0.25, -0.2) is 0 Å². The topological polar surface area (TPSA) is 71.8 Å². The smallest absolute Gasteiger partial charge is 0.257 e. The Labute approximate surface area is 179 Å². The van der Waals surface area contributed by atoms with Crippen molar-refractivity contribution in [2.45, 2.75) is 20.3 Å². The summed E-state index contributed by atoms with van der Waals surface area (Å²) >= 11 is 5.29. The number of benzene rings is 3. The van der Waals surface area contributed by atoms with Crippen LogP contribution in [0.3, 0.4) is 0 Å². The number of carbonyl (C=O) groups is 1. The highest BCUT2D eigenvalue weighted by molar-refractivity contribution is 7.80. The van der Waals surface area contributed by atoms with Crippen LogP contribution >= 0.6 is 12.2 Å². The molecule has 4 rings (SSSR count). The van der Waals surface area contributed by atoms with Crippen LogP contribution in [0, 0.1) is 6.92 Å². The summed E-state index contributed by atoms with van der Waals surface area (Å²) in [6.07, 6.45) is 0.929. The zero-order valence-corrected chi connectivity index (χ0v) is 17.5. The standard InChI is InChI=1S/C23H21N5OS/c1-3-16-6-8-17(9-7-16)22(29)25-23(30)24-18-10-13-20-21(14-18)27-28(26-20)19-11-4-15(2)5-12-19/h4-14H,3H2,1-2H3,(H2,24,25,29,30). The Morgan fingerprint density at radius 3 is 2.37 bits per heavy atom. The predicted octanol–water partition coefficient (Wildman–Crippen LogP) is 4.42. The molecule has 4 aromatic rings. The van der Waals surface area contributed by atoms with Gasteiger partial charge in [-0.2, -0.15) is 4.80 Å². The van der Waals surface area contributed by atoms with Crippen LogP contribution in [0.25, 0.3) is 16.7 Å². The third kappa shape index (κ3) is 4.36. The van der Waals surface area contributed by atoms with Crippen LogP contribution in [-0.2, 0) is 6.42 Å². The van der Waals surface area contributed by atoms with Gasteiger partial charge in [-0.05, 0) is 73.6 Å². The minimum Gasteiger partial charge on any atom is -0.332 e. The Kier molecular flexibility index (Phi) is 5.54. The van der Waals surface area contributed by atoms with E-state index in [2.05, 4.69) is 27.8 Å². The Bertz CT molecular complexity index is 1210. The van der Waals surface area contributed by atoms with Crippen molar-refractivity contribution in [2.75, 3.05) is 5.32 Å². The first-order valence-electron chi connectivity index (χ1n) is 9.67. The largest absolute Gasteiger partial charge is 0.332 e. The van der Waals surface area contributed by atoms with Crippen molar-refractivity contribution in [1.29, 1.82) is 0 Å². The molecule has 30 heavy (non-hydrogen) atoms. The highest BCUT2D eigenvalue weighted by Crippen LogP contribution is 2.18. The maximum atomic E-state index is 12.4. The molecular formula is C23H21N5OS. The number of aromatic nitrogens is 3.